The monoisotopic (exact) mass is 317 g/mol. The smallest absolute Gasteiger partial charge is 0.270 e. The number of nitro benzene ring substituents is 1. The molecule has 2 rings (SSSR count). The van der Waals surface area contributed by atoms with Crippen LogP contribution in [0.3, 0.4) is 0 Å². The summed E-state index contributed by atoms with van der Waals surface area (Å²) < 4.78 is 5.40. The van der Waals surface area contributed by atoms with Gasteiger partial charge in [-0.15, -0.1) is 0 Å². The van der Waals surface area contributed by atoms with E-state index in [1.165, 1.54) is 18.2 Å². The third-order valence-electron chi connectivity index (χ3n) is 3.50. The Kier molecular flexibility index (Phi) is 5.61. The van der Waals surface area contributed by atoms with Crippen molar-refractivity contribution in [3.8, 4) is 0 Å². The maximum atomic E-state index is 12.1. The molecule has 0 radical (unpaired) electrons. The van der Waals surface area contributed by atoms with E-state index in [0.717, 1.165) is 5.76 Å². The van der Waals surface area contributed by atoms with Crippen LogP contribution in [0.1, 0.15) is 22.2 Å². The minimum Gasteiger partial charge on any atom is -0.468 e. The molecule has 0 amide bonds. The van der Waals surface area contributed by atoms with Crippen molar-refractivity contribution in [1.82, 2.24) is 10.2 Å². The first-order valence-electron chi connectivity index (χ1n) is 7.17. The Balaban J connectivity index is 1.94. The number of ketones is 1. The molecule has 23 heavy (non-hydrogen) atoms. The second-order valence-corrected chi connectivity index (χ2v) is 5.36. The van der Waals surface area contributed by atoms with Crippen LogP contribution >= 0.6 is 0 Å². The Morgan fingerprint density at radius 1 is 1.35 bits per heavy atom. The second-order valence-electron chi connectivity index (χ2n) is 5.36. The molecule has 0 aliphatic heterocycles. The minimum absolute atomic E-state index is 0.00269. The molecule has 0 saturated heterocycles. The molecular weight excluding hydrogens is 298 g/mol. The number of rotatable bonds is 8. The molecule has 0 aliphatic rings. The Labute approximate surface area is 134 Å². The van der Waals surface area contributed by atoms with Crippen LogP contribution in [0.4, 0.5) is 5.69 Å². The van der Waals surface area contributed by atoms with E-state index in [4.69, 9.17) is 4.42 Å². The molecule has 1 heterocycles. The Morgan fingerprint density at radius 3 is 2.74 bits per heavy atom. The van der Waals surface area contributed by atoms with Gasteiger partial charge in [0.1, 0.15) is 5.76 Å². The topological polar surface area (TPSA) is 88.6 Å². The van der Waals surface area contributed by atoms with Crippen LogP contribution in [0.25, 0.3) is 0 Å². The molecule has 0 fully saturated rings. The van der Waals surface area contributed by atoms with Crippen molar-refractivity contribution in [2.75, 3.05) is 27.2 Å². The van der Waals surface area contributed by atoms with Gasteiger partial charge in [-0.2, -0.15) is 0 Å². The summed E-state index contributed by atoms with van der Waals surface area (Å²) in [7, 11) is 3.86. The summed E-state index contributed by atoms with van der Waals surface area (Å²) in [5, 5.41) is 13.8. The molecule has 7 heteroatoms. The average molecular weight is 317 g/mol. The highest BCUT2D eigenvalue weighted by atomic mass is 16.6. The van der Waals surface area contributed by atoms with E-state index >= 15 is 0 Å². The Bertz CT molecular complexity index is 668. The van der Waals surface area contributed by atoms with Gasteiger partial charge in [-0.1, -0.05) is 12.1 Å². The normalized spacial score (nSPS) is 12.3. The number of hydrogen-bond acceptors (Lipinski definition) is 6. The van der Waals surface area contributed by atoms with Crippen LogP contribution in [0.5, 0.6) is 0 Å². The number of furan rings is 1. The van der Waals surface area contributed by atoms with Crippen molar-refractivity contribution in [2.45, 2.75) is 6.04 Å². The lowest BCUT2D eigenvalue weighted by atomic mass is 10.1. The maximum absolute atomic E-state index is 12.1. The number of Topliss-reactive ketones (excluding diaryl/α,β-unsaturated/α-hetero) is 1. The summed E-state index contributed by atoms with van der Waals surface area (Å²) in [4.78, 5) is 24.4. The fourth-order valence-corrected chi connectivity index (χ4v) is 2.24. The average Bonchev–Trinajstić information content (AvgIpc) is 3.05. The van der Waals surface area contributed by atoms with E-state index < -0.39 is 4.92 Å². The largest absolute Gasteiger partial charge is 0.468 e. The zero-order valence-electron chi connectivity index (χ0n) is 13.1. The first-order valence-corrected chi connectivity index (χ1v) is 7.17. The van der Waals surface area contributed by atoms with E-state index in [1.807, 2.05) is 31.1 Å². The third-order valence-corrected chi connectivity index (χ3v) is 3.50. The summed E-state index contributed by atoms with van der Waals surface area (Å²) in [6, 6.07) is 9.45. The highest BCUT2D eigenvalue weighted by Crippen LogP contribution is 2.17. The van der Waals surface area contributed by atoms with Crippen molar-refractivity contribution in [3.05, 3.63) is 64.1 Å². The molecule has 1 atom stereocenters. The number of nitro groups is 1. The number of carbonyl (C=O) groups excluding carboxylic acids is 1. The van der Waals surface area contributed by atoms with Crippen molar-refractivity contribution >= 4 is 11.5 Å². The molecule has 0 spiro atoms. The number of hydrogen-bond donors (Lipinski definition) is 1. The molecule has 1 aromatic heterocycles. The summed E-state index contributed by atoms with van der Waals surface area (Å²) in [5.41, 5.74) is 0.240. The van der Waals surface area contributed by atoms with Gasteiger partial charge >= 0.3 is 0 Å². The van der Waals surface area contributed by atoms with E-state index in [0.29, 0.717) is 12.1 Å². The molecule has 1 unspecified atom stereocenters. The van der Waals surface area contributed by atoms with E-state index in [2.05, 4.69) is 5.32 Å². The number of benzene rings is 1. The second kappa shape index (κ2) is 7.66. The quantitative estimate of drug-likeness (QED) is 0.456. The fourth-order valence-electron chi connectivity index (χ4n) is 2.24. The van der Waals surface area contributed by atoms with Crippen LogP contribution in [-0.4, -0.2) is 42.8 Å². The van der Waals surface area contributed by atoms with Crippen molar-refractivity contribution in [2.24, 2.45) is 0 Å². The van der Waals surface area contributed by atoms with Gasteiger partial charge < -0.3 is 9.73 Å². The van der Waals surface area contributed by atoms with Crippen LogP contribution in [0.15, 0.2) is 47.1 Å². The lowest BCUT2D eigenvalue weighted by Gasteiger charge is -2.22. The van der Waals surface area contributed by atoms with Crippen LogP contribution in [0.2, 0.25) is 0 Å². The van der Waals surface area contributed by atoms with Crippen LogP contribution in [-0.2, 0) is 0 Å². The van der Waals surface area contributed by atoms with Gasteiger partial charge in [0, 0.05) is 24.2 Å². The number of nitrogens with one attached hydrogen (secondary N) is 1. The third kappa shape index (κ3) is 4.48. The maximum Gasteiger partial charge on any atom is 0.270 e. The van der Waals surface area contributed by atoms with Gasteiger partial charge in [0.15, 0.2) is 5.78 Å². The van der Waals surface area contributed by atoms with Crippen LogP contribution in [0, 0.1) is 10.1 Å². The molecule has 0 bridgehead atoms. The van der Waals surface area contributed by atoms with Gasteiger partial charge in [-0.05, 0) is 26.2 Å². The number of nitrogens with zero attached hydrogens (tertiary/aromatic N) is 2. The predicted octanol–water partition coefficient (Wildman–Crippen LogP) is 2.26. The Hall–Kier alpha value is -2.51. The molecule has 2 aromatic rings. The standard InChI is InChI=1S/C16H19N3O4/c1-18(2)14(16-7-4-8-23-16)10-17-11-15(20)12-5-3-6-13(9-12)19(21)22/h3-9,14,17H,10-11H2,1-2H3. The SMILES string of the molecule is CN(C)C(CNCC(=O)c1cccc([N+](=O)[O-])c1)c1ccco1. The van der Waals surface area contributed by atoms with Gasteiger partial charge in [0.05, 0.1) is 23.8 Å². The molecule has 1 N–H and O–H groups in total. The predicted molar refractivity (Wildman–Crippen MR) is 85.4 cm³/mol. The highest BCUT2D eigenvalue weighted by Gasteiger charge is 2.17. The lowest BCUT2D eigenvalue weighted by Crippen LogP contribution is -2.33. The summed E-state index contributed by atoms with van der Waals surface area (Å²) in [5.74, 6) is 0.621. The van der Waals surface area contributed by atoms with Gasteiger partial charge in [-0.3, -0.25) is 19.8 Å². The first kappa shape index (κ1) is 16.9. The number of non-ortho nitro benzene ring substituents is 1. The zero-order chi connectivity index (χ0) is 16.8. The molecule has 0 saturated carbocycles. The molecule has 1 aromatic carbocycles. The van der Waals surface area contributed by atoms with Gasteiger partial charge in [-0.25, -0.2) is 0 Å². The summed E-state index contributed by atoms with van der Waals surface area (Å²) in [6.45, 7) is 0.632. The molecule has 122 valence electrons. The highest BCUT2D eigenvalue weighted by molar-refractivity contribution is 5.98. The van der Waals surface area contributed by atoms with Crippen molar-refractivity contribution in [3.63, 3.8) is 0 Å². The fraction of sp³-hybridized carbons (Fsp3) is 0.312. The van der Waals surface area contributed by atoms with E-state index in [9.17, 15) is 14.9 Å². The summed E-state index contributed by atoms with van der Waals surface area (Å²) >= 11 is 0. The molecule has 7 nitrogen and oxygen atoms in total. The van der Waals surface area contributed by atoms with Gasteiger partial charge in [0.25, 0.3) is 5.69 Å². The number of likely N-dealkylation sites (N-methyl/N-ethyl adjacent to an activating group) is 1. The van der Waals surface area contributed by atoms with Crippen molar-refractivity contribution in [1.29, 1.82) is 0 Å². The number of carbonyl (C=O) groups is 1. The molecule has 0 aliphatic carbocycles. The van der Waals surface area contributed by atoms with Crippen LogP contribution < -0.4 is 5.32 Å². The van der Waals surface area contributed by atoms with E-state index in [1.54, 1.807) is 12.3 Å². The molecular formula is C16H19N3O4. The summed E-state index contributed by atoms with van der Waals surface area (Å²) in [6.07, 6.45) is 1.61. The minimum atomic E-state index is -0.511. The zero-order valence-corrected chi connectivity index (χ0v) is 13.1. The van der Waals surface area contributed by atoms with Gasteiger partial charge in [0.2, 0.25) is 0 Å². The van der Waals surface area contributed by atoms with Crippen molar-refractivity contribution < 1.29 is 14.1 Å². The Morgan fingerprint density at radius 2 is 2.13 bits per heavy atom. The lowest BCUT2D eigenvalue weighted by molar-refractivity contribution is -0.384. The first-order chi connectivity index (χ1) is 11.0. The van der Waals surface area contributed by atoms with E-state index in [-0.39, 0.29) is 24.1 Å².